The monoisotopic (exact) mass is 334 g/mol. The molecule has 6 nitrogen and oxygen atoms in total. The third-order valence-electron chi connectivity index (χ3n) is 3.17. The molecule has 1 unspecified atom stereocenters. The fraction of sp³-hybridized carbons (Fsp3) is 0.462. The molecule has 1 saturated heterocycles. The maximum atomic E-state index is 11.8. The Kier molecular flexibility index (Phi) is 4.88. The topological polar surface area (TPSA) is 89.9 Å². The predicted octanol–water partition coefficient (Wildman–Crippen LogP) is 1.75. The Hall–Kier alpha value is -1.15. The second-order valence-electron chi connectivity index (χ2n) is 4.78. The Morgan fingerprint density at radius 1 is 1.52 bits per heavy atom. The highest BCUT2D eigenvalue weighted by atomic mass is 35.5. The van der Waals surface area contributed by atoms with Crippen LogP contribution in [0.25, 0.3) is 0 Å². The van der Waals surface area contributed by atoms with Gasteiger partial charge in [0.2, 0.25) is 0 Å². The highest BCUT2D eigenvalue weighted by Crippen LogP contribution is 2.29. The first-order valence-corrected chi connectivity index (χ1v) is 8.51. The van der Waals surface area contributed by atoms with Crippen LogP contribution in [0, 0.1) is 0 Å². The van der Waals surface area contributed by atoms with Crippen molar-refractivity contribution in [2.24, 2.45) is 0 Å². The van der Waals surface area contributed by atoms with Crippen molar-refractivity contribution >= 4 is 27.4 Å². The molecule has 0 spiro atoms. The van der Waals surface area contributed by atoms with Crippen LogP contribution in [-0.4, -0.2) is 45.1 Å². The van der Waals surface area contributed by atoms with E-state index in [-0.39, 0.29) is 33.8 Å². The van der Waals surface area contributed by atoms with Crippen LogP contribution >= 0.6 is 11.6 Å². The number of carboxylic acid groups (broad SMARTS) is 1. The average Bonchev–Trinajstić information content (AvgIpc) is 2.31. The molecule has 1 fully saturated rings. The van der Waals surface area contributed by atoms with Gasteiger partial charge in [-0.15, -0.1) is 0 Å². The van der Waals surface area contributed by atoms with Crippen LogP contribution in [-0.2, 0) is 25.9 Å². The molecule has 0 amide bonds. The zero-order chi connectivity index (χ0) is 15.6. The lowest BCUT2D eigenvalue weighted by Gasteiger charge is -2.26. The number of benzene rings is 1. The zero-order valence-electron chi connectivity index (χ0n) is 11.3. The Balaban J connectivity index is 2.29. The standard InChI is InChI=1S/C13H15ClO6S/c1-21(17,18)11-3-2-9(13(15)16)12(14)10(11)7-19-6-8-4-5-20-8/h2-3,8H,4-7H2,1H3,(H,15,16). The minimum Gasteiger partial charge on any atom is -0.478 e. The molecule has 0 aliphatic carbocycles. The first kappa shape index (κ1) is 16.2. The van der Waals surface area contributed by atoms with Gasteiger partial charge in [-0.3, -0.25) is 0 Å². The molecule has 1 aromatic carbocycles. The van der Waals surface area contributed by atoms with E-state index in [0.717, 1.165) is 12.7 Å². The van der Waals surface area contributed by atoms with Gasteiger partial charge in [-0.1, -0.05) is 11.6 Å². The van der Waals surface area contributed by atoms with E-state index >= 15 is 0 Å². The smallest absolute Gasteiger partial charge is 0.337 e. The summed E-state index contributed by atoms with van der Waals surface area (Å²) in [5.74, 6) is -1.22. The van der Waals surface area contributed by atoms with E-state index in [1.165, 1.54) is 12.1 Å². The highest BCUT2D eigenvalue weighted by molar-refractivity contribution is 7.90. The number of hydrogen-bond donors (Lipinski definition) is 1. The van der Waals surface area contributed by atoms with Gasteiger partial charge in [0.25, 0.3) is 0 Å². The van der Waals surface area contributed by atoms with Crippen LogP contribution in [0.1, 0.15) is 22.3 Å². The molecule has 1 N–H and O–H groups in total. The van der Waals surface area contributed by atoms with Crippen LogP contribution in [0.15, 0.2) is 17.0 Å². The SMILES string of the molecule is CS(=O)(=O)c1ccc(C(=O)O)c(Cl)c1COCC1CCO1. The van der Waals surface area contributed by atoms with Crippen LogP contribution in [0.2, 0.25) is 5.02 Å². The van der Waals surface area contributed by atoms with E-state index in [1.807, 2.05) is 0 Å². The minimum atomic E-state index is -3.53. The van der Waals surface area contributed by atoms with Gasteiger partial charge in [0.1, 0.15) is 0 Å². The molecule has 21 heavy (non-hydrogen) atoms. The summed E-state index contributed by atoms with van der Waals surface area (Å²) in [6, 6.07) is 2.42. The first-order valence-electron chi connectivity index (χ1n) is 6.24. The number of sulfone groups is 1. The van der Waals surface area contributed by atoms with Crippen molar-refractivity contribution in [1.29, 1.82) is 0 Å². The summed E-state index contributed by atoms with van der Waals surface area (Å²) in [4.78, 5) is 11.1. The van der Waals surface area contributed by atoms with Crippen molar-refractivity contribution in [3.05, 3.63) is 28.3 Å². The number of rotatable bonds is 6. The molecule has 1 heterocycles. The van der Waals surface area contributed by atoms with Crippen molar-refractivity contribution in [2.45, 2.75) is 24.0 Å². The van der Waals surface area contributed by atoms with Gasteiger partial charge in [0.15, 0.2) is 9.84 Å². The zero-order valence-corrected chi connectivity index (χ0v) is 12.9. The van der Waals surface area contributed by atoms with E-state index in [4.69, 9.17) is 26.2 Å². The van der Waals surface area contributed by atoms with Crippen molar-refractivity contribution in [3.63, 3.8) is 0 Å². The summed E-state index contributed by atoms with van der Waals surface area (Å²) in [6.07, 6.45) is 1.94. The summed E-state index contributed by atoms with van der Waals surface area (Å²) >= 11 is 6.02. The average molecular weight is 335 g/mol. The summed E-state index contributed by atoms with van der Waals surface area (Å²) < 4.78 is 34.1. The van der Waals surface area contributed by atoms with Gasteiger partial charge in [0.05, 0.1) is 34.8 Å². The van der Waals surface area contributed by atoms with Gasteiger partial charge < -0.3 is 14.6 Å². The van der Waals surface area contributed by atoms with Gasteiger partial charge in [-0.25, -0.2) is 13.2 Å². The largest absolute Gasteiger partial charge is 0.478 e. The third kappa shape index (κ3) is 3.74. The molecular weight excluding hydrogens is 320 g/mol. The molecule has 1 aromatic rings. The van der Waals surface area contributed by atoms with E-state index in [9.17, 15) is 13.2 Å². The number of carboxylic acids is 1. The molecule has 0 radical (unpaired) electrons. The van der Waals surface area contributed by atoms with E-state index in [2.05, 4.69) is 0 Å². The Morgan fingerprint density at radius 3 is 2.67 bits per heavy atom. The summed E-state index contributed by atoms with van der Waals surface area (Å²) in [6.45, 7) is 0.927. The van der Waals surface area contributed by atoms with Crippen molar-refractivity contribution in [2.75, 3.05) is 19.5 Å². The van der Waals surface area contributed by atoms with Gasteiger partial charge in [-0.2, -0.15) is 0 Å². The van der Waals surface area contributed by atoms with E-state index in [0.29, 0.717) is 13.2 Å². The van der Waals surface area contributed by atoms with Gasteiger partial charge in [0, 0.05) is 18.4 Å². The Labute approximate surface area is 127 Å². The molecule has 8 heteroatoms. The van der Waals surface area contributed by atoms with Crippen molar-refractivity contribution < 1.29 is 27.8 Å². The molecule has 1 aliphatic heterocycles. The fourth-order valence-corrected chi connectivity index (χ4v) is 3.24. The van der Waals surface area contributed by atoms with E-state index in [1.54, 1.807) is 0 Å². The summed E-state index contributed by atoms with van der Waals surface area (Å²) in [5.41, 5.74) is 0.0148. The second-order valence-corrected chi connectivity index (χ2v) is 7.14. The van der Waals surface area contributed by atoms with Crippen molar-refractivity contribution in [3.8, 4) is 0 Å². The highest BCUT2D eigenvalue weighted by Gasteiger charge is 2.23. The van der Waals surface area contributed by atoms with Crippen LogP contribution in [0.3, 0.4) is 0 Å². The van der Waals surface area contributed by atoms with Gasteiger partial charge in [-0.05, 0) is 18.6 Å². The molecule has 1 atom stereocenters. The van der Waals surface area contributed by atoms with Crippen LogP contribution in [0.5, 0.6) is 0 Å². The maximum absolute atomic E-state index is 11.8. The molecule has 0 aromatic heterocycles. The maximum Gasteiger partial charge on any atom is 0.337 e. The van der Waals surface area contributed by atoms with Gasteiger partial charge >= 0.3 is 5.97 Å². The second kappa shape index (κ2) is 6.31. The first-order chi connectivity index (χ1) is 9.80. The summed E-state index contributed by atoms with van der Waals surface area (Å²) in [7, 11) is -3.53. The van der Waals surface area contributed by atoms with E-state index < -0.39 is 15.8 Å². The quantitative estimate of drug-likeness (QED) is 0.852. The minimum absolute atomic E-state index is 0.00751. The molecular formula is C13H15ClO6S. The fourth-order valence-electron chi connectivity index (χ4n) is 1.96. The molecule has 116 valence electrons. The normalized spacial score (nSPS) is 18.3. The number of ether oxygens (including phenoxy) is 2. The lowest BCUT2D eigenvalue weighted by Crippen LogP contribution is -2.31. The van der Waals surface area contributed by atoms with Crippen LogP contribution < -0.4 is 0 Å². The summed E-state index contributed by atoms with van der Waals surface area (Å²) in [5, 5.41) is 8.94. The molecule has 0 bridgehead atoms. The molecule has 2 rings (SSSR count). The number of halogens is 1. The lowest BCUT2D eigenvalue weighted by molar-refractivity contribution is -0.0969. The lowest BCUT2D eigenvalue weighted by atomic mass is 10.1. The van der Waals surface area contributed by atoms with Crippen LogP contribution in [0.4, 0.5) is 0 Å². The Morgan fingerprint density at radius 2 is 2.19 bits per heavy atom. The molecule has 1 aliphatic rings. The predicted molar refractivity (Wildman–Crippen MR) is 75.5 cm³/mol. The Bertz CT molecular complexity index is 651. The molecule has 0 saturated carbocycles. The van der Waals surface area contributed by atoms with Crippen molar-refractivity contribution in [1.82, 2.24) is 0 Å². The number of carbonyl (C=O) groups is 1. The third-order valence-corrected chi connectivity index (χ3v) is 4.79. The number of aromatic carboxylic acids is 1. The number of hydrogen-bond acceptors (Lipinski definition) is 5.